The van der Waals surface area contributed by atoms with E-state index >= 15 is 0 Å². The Balaban J connectivity index is 1.44. The molecule has 2 aliphatic rings. The van der Waals surface area contributed by atoms with E-state index in [1.54, 1.807) is 0 Å². The Morgan fingerprint density at radius 3 is 2.61 bits per heavy atom. The third-order valence-corrected chi connectivity index (χ3v) is 9.95. The fourth-order valence-electron chi connectivity index (χ4n) is 3.53. The first-order chi connectivity index (χ1) is 11.1. The SMILES string of the molecule is NC1CCC(CC[N]2CCN(c3cccc(Cl)c3Cl)[CH2][Sn]2)CC1. The molecule has 1 aliphatic carbocycles. The number of hydrogen-bond donors (Lipinski definition) is 1. The van der Waals surface area contributed by atoms with Crippen LogP contribution in [0.2, 0.25) is 10.0 Å². The minimum absolute atomic E-state index is 0.466. The van der Waals surface area contributed by atoms with Gasteiger partial charge in [0.2, 0.25) is 0 Å². The van der Waals surface area contributed by atoms with Crippen LogP contribution in [0.4, 0.5) is 5.69 Å². The summed E-state index contributed by atoms with van der Waals surface area (Å²) < 4.78 is 3.95. The van der Waals surface area contributed by atoms with Gasteiger partial charge in [0.1, 0.15) is 0 Å². The normalized spacial score (nSPS) is 26.5. The molecule has 2 N–H and O–H groups in total. The molecule has 1 heterocycles. The molecule has 0 spiro atoms. The van der Waals surface area contributed by atoms with Crippen molar-refractivity contribution < 1.29 is 0 Å². The zero-order chi connectivity index (χ0) is 16.2. The van der Waals surface area contributed by atoms with E-state index < -0.39 is 21.4 Å². The first kappa shape index (κ1) is 18.1. The van der Waals surface area contributed by atoms with Gasteiger partial charge in [-0.3, -0.25) is 0 Å². The van der Waals surface area contributed by atoms with Crippen LogP contribution in [-0.4, -0.2) is 54.8 Å². The van der Waals surface area contributed by atoms with Crippen molar-refractivity contribution in [2.45, 2.75) is 38.1 Å². The summed E-state index contributed by atoms with van der Waals surface area (Å²) in [4.78, 5) is 2.43. The molecule has 2 fully saturated rings. The van der Waals surface area contributed by atoms with Gasteiger partial charge in [-0.1, -0.05) is 0 Å². The van der Waals surface area contributed by atoms with Gasteiger partial charge in [-0.2, -0.15) is 0 Å². The van der Waals surface area contributed by atoms with Crippen molar-refractivity contribution in [2.24, 2.45) is 11.7 Å². The first-order valence-electron chi connectivity index (χ1n) is 8.56. The van der Waals surface area contributed by atoms with E-state index in [0.29, 0.717) is 16.1 Å². The van der Waals surface area contributed by atoms with Crippen LogP contribution in [0.3, 0.4) is 0 Å². The number of anilines is 1. The molecule has 1 saturated heterocycles. The quantitative estimate of drug-likeness (QED) is 0.697. The van der Waals surface area contributed by atoms with Crippen molar-refractivity contribution >= 4 is 50.3 Å². The Morgan fingerprint density at radius 2 is 1.91 bits per heavy atom. The van der Waals surface area contributed by atoms with Crippen molar-refractivity contribution in [3.63, 3.8) is 0 Å². The van der Waals surface area contributed by atoms with Crippen LogP contribution in [0, 0.1) is 5.92 Å². The van der Waals surface area contributed by atoms with Crippen molar-refractivity contribution in [2.75, 3.05) is 29.1 Å². The molecular formula is C17H25Cl2N3Sn. The molecule has 23 heavy (non-hydrogen) atoms. The fraction of sp³-hybridized carbons (Fsp3) is 0.647. The second kappa shape index (κ2) is 8.61. The van der Waals surface area contributed by atoms with Crippen LogP contribution in [-0.2, 0) is 0 Å². The molecule has 0 unspecified atom stereocenters. The summed E-state index contributed by atoms with van der Waals surface area (Å²) in [5.41, 5.74) is 7.11. The number of benzene rings is 1. The number of rotatable bonds is 4. The topological polar surface area (TPSA) is 32.5 Å². The van der Waals surface area contributed by atoms with E-state index in [1.165, 1.54) is 49.8 Å². The molecule has 0 amide bonds. The Hall–Kier alpha value is 0.319. The third kappa shape index (κ3) is 4.91. The Bertz CT molecular complexity index is 513. The number of halogens is 2. The number of nitrogens with two attached hydrogens (primary N) is 1. The van der Waals surface area contributed by atoms with Gasteiger partial charge in [-0.05, 0) is 0 Å². The molecule has 0 atom stereocenters. The summed E-state index contributed by atoms with van der Waals surface area (Å²) in [5, 5.41) is 1.37. The summed E-state index contributed by atoms with van der Waals surface area (Å²) in [5.74, 6) is 0.912. The van der Waals surface area contributed by atoms with E-state index in [4.69, 9.17) is 28.9 Å². The van der Waals surface area contributed by atoms with E-state index in [1.807, 2.05) is 12.1 Å². The van der Waals surface area contributed by atoms with E-state index in [9.17, 15) is 0 Å². The molecule has 0 aromatic heterocycles. The molecule has 1 aromatic carbocycles. The van der Waals surface area contributed by atoms with Crippen molar-refractivity contribution in [3.05, 3.63) is 28.2 Å². The van der Waals surface area contributed by atoms with Crippen LogP contribution in [0.25, 0.3) is 0 Å². The maximum atomic E-state index is 6.36. The van der Waals surface area contributed by atoms with Crippen LogP contribution in [0.5, 0.6) is 0 Å². The summed E-state index contributed by atoms with van der Waals surface area (Å²) in [7, 11) is 0. The molecule has 0 bridgehead atoms. The van der Waals surface area contributed by atoms with E-state index in [0.717, 1.165) is 18.2 Å². The molecule has 126 valence electrons. The summed E-state index contributed by atoms with van der Waals surface area (Å²) in [6, 6.07) is 6.41. The van der Waals surface area contributed by atoms with E-state index in [2.05, 4.69) is 14.1 Å². The predicted octanol–water partition coefficient (Wildman–Crippen LogP) is 3.60. The summed E-state index contributed by atoms with van der Waals surface area (Å²) in [6.07, 6.45) is 6.50. The summed E-state index contributed by atoms with van der Waals surface area (Å²) in [6.45, 7) is 3.54. The average molecular weight is 461 g/mol. The molecule has 2 radical (unpaired) electrons. The van der Waals surface area contributed by atoms with Gasteiger partial charge in [0.15, 0.2) is 0 Å². The Labute approximate surface area is 160 Å². The second-order valence-electron chi connectivity index (χ2n) is 6.71. The summed E-state index contributed by atoms with van der Waals surface area (Å²) >= 11 is 12.0. The predicted molar refractivity (Wildman–Crippen MR) is 101 cm³/mol. The van der Waals surface area contributed by atoms with Crippen LogP contribution >= 0.6 is 23.2 Å². The standard InChI is InChI=1S/C17H25Cl2N3.Sn/c1-22(16-4-2-3-15(18)17(16)19)12-11-21-10-9-13-5-7-14(20)8-6-13;/h2-4,13-14H,1,5-12,20H2;/q-1;+1. The fourth-order valence-corrected chi connectivity index (χ4v) is 7.50. The third-order valence-electron chi connectivity index (χ3n) is 5.10. The van der Waals surface area contributed by atoms with E-state index in [-0.39, 0.29) is 0 Å². The van der Waals surface area contributed by atoms with Gasteiger partial charge in [-0.25, -0.2) is 0 Å². The number of nitrogens with zero attached hydrogens (tertiary/aromatic N) is 2. The van der Waals surface area contributed by atoms with Gasteiger partial charge in [0, 0.05) is 0 Å². The molecule has 1 saturated carbocycles. The Morgan fingerprint density at radius 1 is 1.13 bits per heavy atom. The van der Waals surface area contributed by atoms with Gasteiger partial charge in [-0.15, -0.1) is 0 Å². The van der Waals surface area contributed by atoms with Gasteiger partial charge in [0.25, 0.3) is 0 Å². The zero-order valence-electron chi connectivity index (χ0n) is 13.5. The van der Waals surface area contributed by atoms with Crippen LogP contribution in [0.1, 0.15) is 32.1 Å². The second-order valence-corrected chi connectivity index (χ2v) is 11.1. The first-order valence-corrected chi connectivity index (χ1v) is 12.6. The van der Waals surface area contributed by atoms with Crippen molar-refractivity contribution in [1.82, 2.24) is 3.12 Å². The van der Waals surface area contributed by atoms with Crippen LogP contribution in [0.15, 0.2) is 18.2 Å². The monoisotopic (exact) mass is 461 g/mol. The Kier molecular flexibility index (Phi) is 6.79. The van der Waals surface area contributed by atoms with Crippen LogP contribution < -0.4 is 10.6 Å². The number of hydrogen-bond acceptors (Lipinski definition) is 3. The molecule has 3 rings (SSSR count). The maximum absolute atomic E-state index is 6.36. The molecule has 1 aromatic rings. The zero-order valence-corrected chi connectivity index (χ0v) is 17.8. The average Bonchev–Trinajstić information content (AvgIpc) is 2.57. The van der Waals surface area contributed by atoms with Gasteiger partial charge >= 0.3 is 161 Å². The van der Waals surface area contributed by atoms with Gasteiger partial charge in [0.05, 0.1) is 0 Å². The molecule has 6 heteroatoms. The van der Waals surface area contributed by atoms with Crippen molar-refractivity contribution in [1.29, 1.82) is 0 Å². The molecular weight excluding hydrogens is 436 g/mol. The van der Waals surface area contributed by atoms with Crippen molar-refractivity contribution in [3.8, 4) is 0 Å². The molecule has 1 aliphatic heterocycles. The molecule has 3 nitrogen and oxygen atoms in total. The minimum atomic E-state index is -0.519. The van der Waals surface area contributed by atoms with Gasteiger partial charge < -0.3 is 0 Å².